The number of carbonyl (C=O) groups is 4. The average Bonchev–Trinajstić information content (AvgIpc) is 3.39. The minimum Gasteiger partial charge on any atom is -0.467 e. The van der Waals surface area contributed by atoms with Crippen LogP contribution in [0.2, 0.25) is 0 Å². The molecule has 1 saturated heterocycles. The second-order valence-electron chi connectivity index (χ2n) is 11.7. The second kappa shape index (κ2) is 14.7. The van der Waals surface area contributed by atoms with Gasteiger partial charge in [0, 0.05) is 32.9 Å². The van der Waals surface area contributed by atoms with E-state index in [1.54, 1.807) is 37.9 Å². The van der Waals surface area contributed by atoms with Gasteiger partial charge in [-0.1, -0.05) is 6.92 Å². The summed E-state index contributed by atoms with van der Waals surface area (Å²) in [5.41, 5.74) is -0.254. The first-order valence-electron chi connectivity index (χ1n) is 14.4. The molecule has 3 atom stereocenters. The largest absolute Gasteiger partial charge is 0.467 e. The van der Waals surface area contributed by atoms with Crippen molar-refractivity contribution in [3.05, 3.63) is 18.6 Å². The van der Waals surface area contributed by atoms with E-state index < -0.39 is 23.7 Å². The molecule has 234 valence electrons. The Morgan fingerprint density at radius 2 is 1.98 bits per heavy atom. The fourth-order valence-electron chi connectivity index (χ4n) is 5.09. The van der Waals surface area contributed by atoms with Crippen molar-refractivity contribution >= 4 is 40.9 Å². The lowest BCUT2D eigenvalue weighted by atomic mass is 9.92. The zero-order valence-electron chi connectivity index (χ0n) is 25.8. The number of nitrogens with one attached hydrogen (secondary N) is 2. The Labute approximate surface area is 251 Å². The maximum Gasteiger partial charge on any atom is 0.408 e. The average molecular weight is 599 g/mol. The number of aromatic nitrogens is 3. The van der Waals surface area contributed by atoms with E-state index in [0.29, 0.717) is 55.7 Å². The van der Waals surface area contributed by atoms with Gasteiger partial charge in [-0.2, -0.15) is 5.26 Å². The number of nitriles is 1. The molecule has 1 fully saturated rings. The fraction of sp³-hybridized carbons (Fsp3) is 0.621. The lowest BCUT2D eigenvalue weighted by Crippen LogP contribution is -2.52. The third-order valence-electron chi connectivity index (χ3n) is 7.38. The monoisotopic (exact) mass is 598 g/mol. The SMILES string of the molecule is COC(=O)C(CCCCNC(=O)n1ccc2c(N(C)[C@H]3CN(C(=O)CC#N)CC[C@H]3C)ncnc21)NC(=O)OC(C)(C)C. The van der Waals surface area contributed by atoms with E-state index in [1.165, 1.54) is 18.0 Å². The van der Waals surface area contributed by atoms with Gasteiger partial charge in [0.2, 0.25) is 5.91 Å². The molecular formula is C29H42N8O6. The summed E-state index contributed by atoms with van der Waals surface area (Å²) in [6, 6.07) is 2.47. The minimum absolute atomic E-state index is 0.0229. The molecular weight excluding hydrogens is 556 g/mol. The Morgan fingerprint density at radius 3 is 2.65 bits per heavy atom. The van der Waals surface area contributed by atoms with Gasteiger partial charge in [0.1, 0.15) is 30.2 Å². The van der Waals surface area contributed by atoms with Crippen molar-refractivity contribution in [1.82, 2.24) is 30.1 Å². The maximum absolute atomic E-state index is 13.0. The summed E-state index contributed by atoms with van der Waals surface area (Å²) in [5.74, 6) is 0.181. The van der Waals surface area contributed by atoms with Crippen molar-refractivity contribution in [3.8, 4) is 6.07 Å². The first kappa shape index (κ1) is 33.1. The quantitative estimate of drug-likeness (QED) is 0.306. The molecule has 0 aromatic carbocycles. The zero-order chi connectivity index (χ0) is 31.7. The molecule has 2 aromatic rings. The molecule has 0 spiro atoms. The van der Waals surface area contributed by atoms with Crippen LogP contribution in [0.25, 0.3) is 11.0 Å². The van der Waals surface area contributed by atoms with Crippen molar-refractivity contribution in [2.45, 2.75) is 77.5 Å². The van der Waals surface area contributed by atoms with Crippen LogP contribution < -0.4 is 15.5 Å². The molecule has 43 heavy (non-hydrogen) atoms. The fourth-order valence-corrected chi connectivity index (χ4v) is 5.09. The molecule has 3 heterocycles. The molecule has 1 aliphatic rings. The molecule has 2 N–H and O–H groups in total. The molecule has 3 amide bonds. The Morgan fingerprint density at radius 1 is 1.23 bits per heavy atom. The number of ether oxygens (including phenoxy) is 2. The summed E-state index contributed by atoms with van der Waals surface area (Å²) < 4.78 is 11.4. The van der Waals surface area contributed by atoms with Gasteiger partial charge in [0.15, 0.2) is 5.65 Å². The van der Waals surface area contributed by atoms with Crippen LogP contribution in [0.5, 0.6) is 0 Å². The normalized spacial score (nSPS) is 17.5. The smallest absolute Gasteiger partial charge is 0.408 e. The first-order valence-corrected chi connectivity index (χ1v) is 14.4. The molecule has 3 rings (SSSR count). The zero-order valence-corrected chi connectivity index (χ0v) is 25.8. The van der Waals surface area contributed by atoms with E-state index >= 15 is 0 Å². The lowest BCUT2D eigenvalue weighted by molar-refractivity contribution is -0.143. The number of fused-ring (bicyclic) bond motifs is 1. The van der Waals surface area contributed by atoms with Gasteiger partial charge in [-0.3, -0.25) is 9.36 Å². The number of likely N-dealkylation sites (N-methyl/N-ethyl adjacent to an activating group) is 1. The van der Waals surface area contributed by atoms with Crippen LogP contribution in [-0.4, -0.2) is 94.9 Å². The van der Waals surface area contributed by atoms with E-state index in [1.807, 2.05) is 18.0 Å². The molecule has 0 saturated carbocycles. The minimum atomic E-state index is -0.862. The number of alkyl carbamates (subject to hydrolysis) is 1. The van der Waals surface area contributed by atoms with Crippen molar-refractivity contribution in [3.63, 3.8) is 0 Å². The van der Waals surface area contributed by atoms with E-state index in [-0.39, 0.29) is 30.3 Å². The molecule has 1 unspecified atom stereocenters. The summed E-state index contributed by atoms with van der Waals surface area (Å²) in [6.07, 6.45) is 4.41. The first-order chi connectivity index (χ1) is 20.4. The second-order valence-corrected chi connectivity index (χ2v) is 11.7. The summed E-state index contributed by atoms with van der Waals surface area (Å²) in [6.45, 7) is 8.76. The van der Waals surface area contributed by atoms with Crippen LogP contribution in [0.4, 0.5) is 15.4 Å². The highest BCUT2D eigenvalue weighted by Crippen LogP contribution is 2.29. The van der Waals surface area contributed by atoms with Crippen molar-refractivity contribution in [1.29, 1.82) is 5.26 Å². The van der Waals surface area contributed by atoms with Gasteiger partial charge >= 0.3 is 18.1 Å². The van der Waals surface area contributed by atoms with Crippen LogP contribution in [0, 0.1) is 17.2 Å². The van der Waals surface area contributed by atoms with E-state index in [2.05, 4.69) is 27.5 Å². The highest BCUT2D eigenvalue weighted by Gasteiger charge is 2.33. The van der Waals surface area contributed by atoms with Gasteiger partial charge < -0.3 is 29.9 Å². The van der Waals surface area contributed by atoms with E-state index in [4.69, 9.17) is 14.7 Å². The summed E-state index contributed by atoms with van der Waals surface area (Å²) in [7, 11) is 3.17. The number of piperidine rings is 1. The van der Waals surface area contributed by atoms with E-state index in [9.17, 15) is 19.2 Å². The Kier molecular flexibility index (Phi) is 11.3. The van der Waals surface area contributed by atoms with Crippen molar-refractivity contribution in [2.24, 2.45) is 5.92 Å². The Bertz CT molecular complexity index is 1350. The van der Waals surface area contributed by atoms with Gasteiger partial charge in [-0.15, -0.1) is 0 Å². The third-order valence-corrected chi connectivity index (χ3v) is 7.38. The number of rotatable bonds is 10. The van der Waals surface area contributed by atoms with Crippen LogP contribution in [-0.2, 0) is 19.1 Å². The number of esters is 1. The number of anilines is 1. The van der Waals surface area contributed by atoms with Gasteiger partial charge in [0.05, 0.1) is 24.6 Å². The van der Waals surface area contributed by atoms with Crippen LogP contribution in [0.15, 0.2) is 18.6 Å². The maximum atomic E-state index is 13.0. The number of nitrogens with zero attached hydrogens (tertiary/aromatic N) is 6. The highest BCUT2D eigenvalue weighted by molar-refractivity contribution is 5.95. The molecule has 0 aliphatic carbocycles. The summed E-state index contributed by atoms with van der Waals surface area (Å²) in [4.78, 5) is 62.2. The Hall–Kier alpha value is -4.41. The molecule has 14 nitrogen and oxygen atoms in total. The van der Waals surface area contributed by atoms with Gasteiger partial charge in [-0.05, 0) is 58.4 Å². The standard InChI is InChI=1S/C29H42N8O6/c1-19-11-15-36(23(38)10-13-30)17-22(19)35(5)24-20-12-16-37(25(20)33-18-32-24)27(40)31-14-8-7-9-21(26(39)42-6)34-28(41)43-29(2,3)4/h12,16,18-19,21-22H,7-11,14-15,17H2,1-6H3,(H,31,40)(H,34,41)/t19-,21?,22+/m1/s1. The predicted molar refractivity (Wildman–Crippen MR) is 158 cm³/mol. The van der Waals surface area contributed by atoms with Gasteiger partial charge in [-0.25, -0.2) is 24.4 Å². The van der Waals surface area contributed by atoms with Gasteiger partial charge in [0.25, 0.3) is 0 Å². The van der Waals surface area contributed by atoms with Crippen LogP contribution >= 0.6 is 0 Å². The predicted octanol–water partition coefficient (Wildman–Crippen LogP) is 2.81. The number of hydrogen-bond acceptors (Lipinski definition) is 10. The van der Waals surface area contributed by atoms with Crippen molar-refractivity contribution in [2.75, 3.05) is 38.7 Å². The molecule has 0 radical (unpaired) electrons. The summed E-state index contributed by atoms with van der Waals surface area (Å²) >= 11 is 0. The molecule has 0 bridgehead atoms. The van der Waals surface area contributed by atoms with Crippen molar-refractivity contribution < 1.29 is 28.7 Å². The highest BCUT2D eigenvalue weighted by atomic mass is 16.6. The third kappa shape index (κ3) is 8.79. The number of unbranched alkanes of at least 4 members (excludes halogenated alkanes) is 1. The number of hydrogen-bond donors (Lipinski definition) is 2. The van der Waals surface area contributed by atoms with Crippen LogP contribution in [0.3, 0.4) is 0 Å². The number of amides is 3. The molecule has 2 aromatic heterocycles. The number of carbonyl (C=O) groups excluding carboxylic acids is 4. The van der Waals surface area contributed by atoms with E-state index in [0.717, 1.165) is 6.42 Å². The lowest BCUT2D eigenvalue weighted by Gasteiger charge is -2.42. The number of likely N-dealkylation sites (tertiary alicyclic amines) is 1. The topological polar surface area (TPSA) is 172 Å². The van der Waals surface area contributed by atoms with Crippen LogP contribution in [0.1, 0.15) is 59.8 Å². The number of methoxy groups -OCH3 is 1. The Balaban J connectivity index is 1.59. The molecule has 14 heteroatoms. The summed E-state index contributed by atoms with van der Waals surface area (Å²) in [5, 5.41) is 15.0. The molecule has 1 aliphatic heterocycles.